The lowest BCUT2D eigenvalue weighted by molar-refractivity contribution is 0.627. The molecule has 0 saturated heterocycles. The van der Waals surface area contributed by atoms with Crippen LogP contribution in [0.5, 0.6) is 0 Å². The van der Waals surface area contributed by atoms with Crippen LogP contribution in [0.2, 0.25) is 0 Å². The number of nitrogens with zero attached hydrogens (tertiary/aromatic N) is 3. The van der Waals surface area contributed by atoms with Crippen LogP contribution in [0.4, 0.5) is 10.2 Å². The lowest BCUT2D eigenvalue weighted by Crippen LogP contribution is -2.02. The fourth-order valence-corrected chi connectivity index (χ4v) is 2.03. The van der Waals surface area contributed by atoms with Crippen LogP contribution in [0.25, 0.3) is 10.8 Å². The van der Waals surface area contributed by atoms with Crippen molar-refractivity contribution < 1.29 is 4.39 Å². The van der Waals surface area contributed by atoms with E-state index in [4.69, 9.17) is 0 Å². The van der Waals surface area contributed by atoms with Crippen molar-refractivity contribution in [2.45, 2.75) is 6.92 Å². The second kappa shape index (κ2) is 5.66. The van der Waals surface area contributed by atoms with Crippen LogP contribution >= 0.6 is 0 Å². The first-order valence-corrected chi connectivity index (χ1v) is 6.51. The number of halogens is 1. The van der Waals surface area contributed by atoms with Crippen molar-refractivity contribution in [2.24, 2.45) is 5.10 Å². The fraction of sp³-hybridized carbons (Fsp3) is 0.0625. The Morgan fingerprint density at radius 2 is 2.00 bits per heavy atom. The first-order valence-electron chi connectivity index (χ1n) is 6.51. The predicted octanol–water partition coefficient (Wildman–Crippen LogP) is 3.61. The van der Waals surface area contributed by atoms with Crippen LogP contribution in [0.1, 0.15) is 12.5 Å². The standard InChI is InChI=1S/C16H13FN4/c1-11(12-6-4-7-14(17)9-12)19-21-16-15-8-3-2-5-13(15)10-18-20-16/h2-10H,1H3,(H,20,21)/b19-11+. The van der Waals surface area contributed by atoms with Gasteiger partial charge in [-0.25, -0.2) is 4.39 Å². The maximum Gasteiger partial charge on any atom is 0.176 e. The molecule has 1 N–H and O–H groups in total. The van der Waals surface area contributed by atoms with E-state index in [2.05, 4.69) is 20.7 Å². The van der Waals surface area contributed by atoms with E-state index in [1.807, 2.05) is 24.3 Å². The SMILES string of the molecule is C/C(=N\Nc1nncc2ccccc12)c1cccc(F)c1. The molecule has 0 spiro atoms. The van der Waals surface area contributed by atoms with Gasteiger partial charge in [0.2, 0.25) is 0 Å². The normalized spacial score (nSPS) is 11.6. The number of fused-ring (bicyclic) bond motifs is 1. The average Bonchev–Trinajstić information content (AvgIpc) is 2.52. The Morgan fingerprint density at radius 3 is 2.86 bits per heavy atom. The molecule has 0 aliphatic carbocycles. The van der Waals surface area contributed by atoms with Crippen molar-refractivity contribution in [3.63, 3.8) is 0 Å². The number of hydrazone groups is 1. The van der Waals surface area contributed by atoms with E-state index in [0.29, 0.717) is 11.5 Å². The number of hydrogen-bond acceptors (Lipinski definition) is 4. The Balaban J connectivity index is 1.90. The largest absolute Gasteiger partial charge is 0.259 e. The summed E-state index contributed by atoms with van der Waals surface area (Å²) in [4.78, 5) is 0. The van der Waals surface area contributed by atoms with Crippen LogP contribution in [0, 0.1) is 5.82 Å². The van der Waals surface area contributed by atoms with Crippen LogP contribution in [0.15, 0.2) is 59.8 Å². The summed E-state index contributed by atoms with van der Waals surface area (Å²) in [5.74, 6) is 0.288. The van der Waals surface area contributed by atoms with Crippen molar-refractivity contribution in [2.75, 3.05) is 5.43 Å². The second-order valence-electron chi connectivity index (χ2n) is 4.60. The molecule has 0 aliphatic rings. The van der Waals surface area contributed by atoms with Crippen LogP contribution in [-0.4, -0.2) is 15.9 Å². The third kappa shape index (κ3) is 2.86. The molecule has 4 nitrogen and oxygen atoms in total. The molecule has 0 radical (unpaired) electrons. The van der Waals surface area contributed by atoms with Crippen molar-refractivity contribution in [3.05, 3.63) is 66.1 Å². The van der Waals surface area contributed by atoms with Crippen LogP contribution in [-0.2, 0) is 0 Å². The molecule has 0 bridgehead atoms. The molecule has 2 aromatic carbocycles. The zero-order valence-electron chi connectivity index (χ0n) is 11.4. The van der Waals surface area contributed by atoms with Gasteiger partial charge in [0.15, 0.2) is 5.82 Å². The molecule has 0 fully saturated rings. The topological polar surface area (TPSA) is 50.2 Å². The Labute approximate surface area is 121 Å². The van der Waals surface area contributed by atoms with Gasteiger partial charge >= 0.3 is 0 Å². The molecule has 0 unspecified atom stereocenters. The molecule has 21 heavy (non-hydrogen) atoms. The molecule has 0 saturated carbocycles. The van der Waals surface area contributed by atoms with E-state index >= 15 is 0 Å². The first kappa shape index (κ1) is 13.2. The summed E-state index contributed by atoms with van der Waals surface area (Å²) in [6, 6.07) is 14.1. The van der Waals surface area contributed by atoms with Gasteiger partial charge < -0.3 is 0 Å². The summed E-state index contributed by atoms with van der Waals surface area (Å²) in [5.41, 5.74) is 4.29. The number of nitrogens with one attached hydrogen (secondary N) is 1. The zero-order valence-corrected chi connectivity index (χ0v) is 11.4. The lowest BCUT2D eigenvalue weighted by Gasteiger charge is -2.05. The van der Waals surface area contributed by atoms with Crippen LogP contribution < -0.4 is 5.43 Å². The van der Waals surface area contributed by atoms with Crippen molar-refractivity contribution >= 4 is 22.3 Å². The van der Waals surface area contributed by atoms with E-state index in [0.717, 1.165) is 16.3 Å². The van der Waals surface area contributed by atoms with Gasteiger partial charge in [0.05, 0.1) is 11.9 Å². The van der Waals surface area contributed by atoms with Gasteiger partial charge in [-0.3, -0.25) is 5.43 Å². The number of benzene rings is 2. The maximum absolute atomic E-state index is 13.2. The van der Waals surface area contributed by atoms with Crippen molar-refractivity contribution in [1.82, 2.24) is 10.2 Å². The first-order chi connectivity index (χ1) is 10.2. The van der Waals surface area contributed by atoms with Gasteiger partial charge in [-0.15, -0.1) is 5.10 Å². The summed E-state index contributed by atoms with van der Waals surface area (Å²) in [6.07, 6.45) is 1.70. The lowest BCUT2D eigenvalue weighted by atomic mass is 10.1. The zero-order chi connectivity index (χ0) is 14.7. The summed E-state index contributed by atoms with van der Waals surface area (Å²) in [5, 5.41) is 14.2. The van der Waals surface area contributed by atoms with Gasteiger partial charge in [0, 0.05) is 16.3 Å². The Hall–Kier alpha value is -2.82. The minimum Gasteiger partial charge on any atom is -0.259 e. The highest BCUT2D eigenvalue weighted by Crippen LogP contribution is 2.19. The highest BCUT2D eigenvalue weighted by atomic mass is 19.1. The number of anilines is 1. The molecule has 0 aliphatic heterocycles. The van der Waals surface area contributed by atoms with Gasteiger partial charge in [0.25, 0.3) is 0 Å². The number of rotatable bonds is 3. The summed E-state index contributed by atoms with van der Waals surface area (Å²) in [6.45, 7) is 1.81. The van der Waals surface area contributed by atoms with Crippen molar-refractivity contribution in [1.29, 1.82) is 0 Å². The van der Waals surface area contributed by atoms with Crippen LogP contribution in [0.3, 0.4) is 0 Å². The number of hydrogen-bond donors (Lipinski definition) is 1. The quantitative estimate of drug-likeness (QED) is 0.589. The maximum atomic E-state index is 13.2. The number of aromatic nitrogens is 2. The van der Waals surface area contributed by atoms with Gasteiger partial charge in [-0.1, -0.05) is 36.4 Å². The molecular weight excluding hydrogens is 267 g/mol. The Bertz CT molecular complexity index is 809. The molecular formula is C16H13FN4. The molecule has 104 valence electrons. The van der Waals surface area contributed by atoms with E-state index in [-0.39, 0.29) is 5.82 Å². The summed E-state index contributed by atoms with van der Waals surface area (Å²) < 4.78 is 13.2. The van der Waals surface area contributed by atoms with E-state index in [1.54, 1.807) is 25.3 Å². The van der Waals surface area contributed by atoms with Gasteiger partial charge in [0.1, 0.15) is 5.82 Å². The highest BCUT2D eigenvalue weighted by molar-refractivity contribution is 5.99. The molecule has 3 aromatic rings. The average molecular weight is 280 g/mol. The molecule has 1 heterocycles. The highest BCUT2D eigenvalue weighted by Gasteiger charge is 2.03. The second-order valence-corrected chi connectivity index (χ2v) is 4.60. The molecule has 0 atom stereocenters. The van der Waals surface area contributed by atoms with E-state index in [1.165, 1.54) is 12.1 Å². The monoisotopic (exact) mass is 280 g/mol. The summed E-state index contributed by atoms with van der Waals surface area (Å²) in [7, 11) is 0. The van der Waals surface area contributed by atoms with E-state index < -0.39 is 0 Å². The molecule has 5 heteroatoms. The Kier molecular flexibility index (Phi) is 3.55. The minimum atomic E-state index is -0.285. The summed E-state index contributed by atoms with van der Waals surface area (Å²) >= 11 is 0. The fourth-order valence-electron chi connectivity index (χ4n) is 2.03. The van der Waals surface area contributed by atoms with Gasteiger partial charge in [-0.2, -0.15) is 10.2 Å². The minimum absolute atomic E-state index is 0.285. The van der Waals surface area contributed by atoms with E-state index in [9.17, 15) is 4.39 Å². The smallest absolute Gasteiger partial charge is 0.176 e. The molecule has 3 rings (SSSR count). The molecule has 1 aromatic heterocycles. The van der Waals surface area contributed by atoms with Crippen molar-refractivity contribution in [3.8, 4) is 0 Å². The van der Waals surface area contributed by atoms with Gasteiger partial charge in [-0.05, 0) is 19.1 Å². The Morgan fingerprint density at radius 1 is 1.14 bits per heavy atom. The predicted molar refractivity (Wildman–Crippen MR) is 81.8 cm³/mol. The third-order valence-corrected chi connectivity index (χ3v) is 3.14. The third-order valence-electron chi connectivity index (χ3n) is 3.14. The molecule has 0 amide bonds.